The van der Waals surface area contributed by atoms with Crippen molar-refractivity contribution in [3.8, 4) is 16.5 Å². The van der Waals surface area contributed by atoms with Gasteiger partial charge in [0.2, 0.25) is 5.89 Å². The van der Waals surface area contributed by atoms with Gasteiger partial charge in [0.15, 0.2) is 13.2 Å². The molecule has 4 rings (SSSR count). The van der Waals surface area contributed by atoms with E-state index in [1.807, 2.05) is 24.4 Å². The van der Waals surface area contributed by atoms with Gasteiger partial charge in [-0.1, -0.05) is 13.0 Å². The SMILES string of the molecule is CCCN(Cc1nnc(-c2cccs2)o1)C(=O)COC(=O)COc1ccc2ccc(=O)oc2c1. The number of esters is 1. The zero-order chi connectivity index (χ0) is 23.9. The van der Waals surface area contributed by atoms with Crippen molar-refractivity contribution in [2.45, 2.75) is 19.9 Å². The van der Waals surface area contributed by atoms with E-state index in [0.717, 1.165) is 10.3 Å². The number of rotatable bonds is 10. The van der Waals surface area contributed by atoms with Crippen molar-refractivity contribution < 1.29 is 27.9 Å². The third kappa shape index (κ3) is 5.87. The second-order valence-corrected chi connectivity index (χ2v) is 8.14. The van der Waals surface area contributed by atoms with Crippen LogP contribution in [0.3, 0.4) is 0 Å². The fourth-order valence-electron chi connectivity index (χ4n) is 3.09. The lowest BCUT2D eigenvalue weighted by atomic mass is 10.2. The van der Waals surface area contributed by atoms with Gasteiger partial charge in [0.1, 0.15) is 11.3 Å². The molecule has 34 heavy (non-hydrogen) atoms. The average molecular weight is 484 g/mol. The van der Waals surface area contributed by atoms with Crippen molar-refractivity contribution in [1.29, 1.82) is 0 Å². The van der Waals surface area contributed by atoms with E-state index < -0.39 is 30.7 Å². The van der Waals surface area contributed by atoms with Crippen LogP contribution in [0, 0.1) is 0 Å². The highest BCUT2D eigenvalue weighted by atomic mass is 32.1. The molecule has 3 heterocycles. The van der Waals surface area contributed by atoms with Crippen LogP contribution < -0.4 is 10.4 Å². The molecule has 10 nitrogen and oxygen atoms in total. The summed E-state index contributed by atoms with van der Waals surface area (Å²) in [6.45, 7) is 1.63. The summed E-state index contributed by atoms with van der Waals surface area (Å²) < 4.78 is 21.2. The van der Waals surface area contributed by atoms with Crippen LogP contribution in [0.4, 0.5) is 0 Å². The second kappa shape index (κ2) is 10.8. The van der Waals surface area contributed by atoms with E-state index in [0.29, 0.717) is 36.1 Å². The fraction of sp³-hybridized carbons (Fsp3) is 0.261. The molecule has 0 unspecified atom stereocenters. The molecule has 0 spiro atoms. The maximum atomic E-state index is 12.6. The predicted molar refractivity (Wildman–Crippen MR) is 122 cm³/mol. The molecule has 0 atom stereocenters. The number of aromatic nitrogens is 2. The van der Waals surface area contributed by atoms with Gasteiger partial charge < -0.3 is 23.2 Å². The number of carbonyl (C=O) groups excluding carboxylic acids is 2. The molecule has 0 N–H and O–H groups in total. The lowest BCUT2D eigenvalue weighted by molar-refractivity contribution is -0.154. The monoisotopic (exact) mass is 483 g/mol. The lowest BCUT2D eigenvalue weighted by Gasteiger charge is -2.20. The molecular weight excluding hydrogens is 462 g/mol. The number of hydrogen-bond acceptors (Lipinski definition) is 10. The molecule has 4 aromatic rings. The first-order valence-electron chi connectivity index (χ1n) is 10.5. The Kier molecular flexibility index (Phi) is 7.33. The van der Waals surface area contributed by atoms with Gasteiger partial charge in [-0.25, -0.2) is 9.59 Å². The first kappa shape index (κ1) is 23.2. The Hall–Kier alpha value is -3.99. The first-order valence-corrected chi connectivity index (χ1v) is 11.4. The van der Waals surface area contributed by atoms with E-state index in [1.165, 1.54) is 28.4 Å². The number of carbonyl (C=O) groups is 2. The van der Waals surface area contributed by atoms with E-state index in [4.69, 9.17) is 18.3 Å². The van der Waals surface area contributed by atoms with Gasteiger partial charge in [-0.3, -0.25) is 4.79 Å². The van der Waals surface area contributed by atoms with Crippen LogP contribution in [0.2, 0.25) is 0 Å². The molecule has 11 heteroatoms. The molecule has 0 saturated carbocycles. The van der Waals surface area contributed by atoms with Gasteiger partial charge in [0.25, 0.3) is 11.8 Å². The van der Waals surface area contributed by atoms with Gasteiger partial charge in [-0.15, -0.1) is 21.5 Å². The maximum Gasteiger partial charge on any atom is 0.344 e. The van der Waals surface area contributed by atoms with E-state index in [9.17, 15) is 14.4 Å². The highest BCUT2D eigenvalue weighted by Gasteiger charge is 2.19. The quantitative estimate of drug-likeness (QED) is 0.247. The summed E-state index contributed by atoms with van der Waals surface area (Å²) in [6.07, 6.45) is 0.701. The zero-order valence-electron chi connectivity index (χ0n) is 18.3. The van der Waals surface area contributed by atoms with Gasteiger partial charge in [0.05, 0.1) is 11.4 Å². The minimum atomic E-state index is -0.711. The van der Waals surface area contributed by atoms with Crippen LogP contribution in [-0.2, 0) is 20.9 Å². The molecule has 0 aliphatic rings. The average Bonchev–Trinajstić information content (AvgIpc) is 3.53. The zero-order valence-corrected chi connectivity index (χ0v) is 19.1. The molecule has 0 bridgehead atoms. The van der Waals surface area contributed by atoms with Crippen LogP contribution in [0.5, 0.6) is 5.75 Å². The summed E-state index contributed by atoms with van der Waals surface area (Å²) in [6, 6.07) is 11.5. The van der Waals surface area contributed by atoms with Crippen LogP contribution in [0.1, 0.15) is 19.2 Å². The fourth-order valence-corrected chi connectivity index (χ4v) is 3.73. The number of ether oxygens (including phenoxy) is 2. The number of nitrogens with zero attached hydrogens (tertiary/aromatic N) is 3. The highest BCUT2D eigenvalue weighted by Crippen LogP contribution is 2.23. The molecule has 1 aromatic carbocycles. The van der Waals surface area contributed by atoms with Crippen molar-refractivity contribution in [3.63, 3.8) is 0 Å². The van der Waals surface area contributed by atoms with E-state index in [-0.39, 0.29) is 6.54 Å². The Morgan fingerprint density at radius 1 is 1.09 bits per heavy atom. The molecule has 176 valence electrons. The number of hydrogen-bond donors (Lipinski definition) is 0. The van der Waals surface area contributed by atoms with E-state index in [2.05, 4.69) is 10.2 Å². The summed E-state index contributed by atoms with van der Waals surface area (Å²) in [5, 5.41) is 10.6. The Morgan fingerprint density at radius 3 is 2.74 bits per heavy atom. The molecule has 0 radical (unpaired) electrons. The van der Waals surface area contributed by atoms with Gasteiger partial charge in [-0.05, 0) is 36.1 Å². The number of benzene rings is 1. The summed E-state index contributed by atoms with van der Waals surface area (Å²) in [4.78, 5) is 38.4. The topological polar surface area (TPSA) is 125 Å². The Balaban J connectivity index is 1.28. The third-order valence-electron chi connectivity index (χ3n) is 4.68. The van der Waals surface area contributed by atoms with Crippen molar-refractivity contribution in [1.82, 2.24) is 15.1 Å². The first-order chi connectivity index (χ1) is 16.5. The van der Waals surface area contributed by atoms with Gasteiger partial charge in [0, 0.05) is 24.1 Å². The Bertz CT molecular complexity index is 1330. The minimum absolute atomic E-state index is 0.112. The van der Waals surface area contributed by atoms with Crippen molar-refractivity contribution in [2.75, 3.05) is 19.8 Å². The van der Waals surface area contributed by atoms with Crippen molar-refractivity contribution in [2.24, 2.45) is 0 Å². The summed E-state index contributed by atoms with van der Waals surface area (Å²) in [5.74, 6) is -0.0836. The standard InChI is InChI=1S/C23H21N3O7S/c1-2-9-26(12-19-24-25-23(33-19)18-4-3-10-34-18)20(27)13-31-22(29)14-30-16-7-5-15-6-8-21(28)32-17(15)11-16/h3-8,10-11H,2,9,12-14H2,1H3. The summed E-state index contributed by atoms with van der Waals surface area (Å²) in [5.41, 5.74) is -0.144. The normalized spacial score (nSPS) is 10.9. The highest BCUT2D eigenvalue weighted by molar-refractivity contribution is 7.13. The maximum absolute atomic E-state index is 12.6. The molecule has 1 amide bonds. The minimum Gasteiger partial charge on any atom is -0.482 e. The third-order valence-corrected chi connectivity index (χ3v) is 5.54. The molecule has 0 aliphatic carbocycles. The molecule has 0 fully saturated rings. The molecule has 0 saturated heterocycles. The molecule has 3 aromatic heterocycles. The number of amides is 1. The number of fused-ring (bicyclic) bond motifs is 1. The van der Waals surface area contributed by atoms with Crippen molar-refractivity contribution >= 4 is 34.2 Å². The lowest BCUT2D eigenvalue weighted by Crippen LogP contribution is -2.35. The van der Waals surface area contributed by atoms with E-state index >= 15 is 0 Å². The Labute approximate surface area is 197 Å². The second-order valence-electron chi connectivity index (χ2n) is 7.20. The molecule has 0 aliphatic heterocycles. The Morgan fingerprint density at radius 2 is 1.94 bits per heavy atom. The number of thiophene rings is 1. The smallest absolute Gasteiger partial charge is 0.344 e. The van der Waals surface area contributed by atoms with Crippen molar-refractivity contribution in [3.05, 3.63) is 64.2 Å². The van der Waals surface area contributed by atoms with E-state index in [1.54, 1.807) is 18.2 Å². The largest absolute Gasteiger partial charge is 0.482 e. The summed E-state index contributed by atoms with van der Waals surface area (Å²) >= 11 is 1.47. The summed E-state index contributed by atoms with van der Waals surface area (Å²) in [7, 11) is 0. The van der Waals surface area contributed by atoms with Crippen LogP contribution in [-0.4, -0.2) is 46.7 Å². The predicted octanol–water partition coefficient (Wildman–Crippen LogP) is 3.27. The molecular formula is C23H21N3O7S. The van der Waals surface area contributed by atoms with Gasteiger partial charge in [-0.2, -0.15) is 0 Å². The van der Waals surface area contributed by atoms with Crippen LogP contribution in [0.15, 0.2) is 61.5 Å². The van der Waals surface area contributed by atoms with Crippen LogP contribution >= 0.6 is 11.3 Å². The van der Waals surface area contributed by atoms with Crippen LogP contribution in [0.25, 0.3) is 21.7 Å². The van der Waals surface area contributed by atoms with Gasteiger partial charge >= 0.3 is 11.6 Å².